The third kappa shape index (κ3) is 9.48. The van der Waals surface area contributed by atoms with E-state index in [1.807, 2.05) is 18.2 Å². The van der Waals surface area contributed by atoms with Crippen LogP contribution in [-0.4, -0.2) is 41.3 Å². The zero-order valence-electron chi connectivity index (χ0n) is 23.8. The topological polar surface area (TPSA) is 71.1 Å². The van der Waals surface area contributed by atoms with Gasteiger partial charge in [-0.2, -0.15) is 0 Å². The molecule has 0 bridgehead atoms. The largest absolute Gasteiger partial charge is 0.541 e. The first kappa shape index (κ1) is 31.0. The van der Waals surface area contributed by atoms with Gasteiger partial charge in [0, 0.05) is 19.4 Å². The van der Waals surface area contributed by atoms with Crippen molar-refractivity contribution in [3.05, 3.63) is 35.9 Å². The number of carbonyl (C=O) groups is 2. The van der Waals surface area contributed by atoms with Gasteiger partial charge in [-0.05, 0) is 67.0 Å². The molecule has 0 aliphatic heterocycles. The molecule has 1 aromatic rings. The van der Waals surface area contributed by atoms with Crippen molar-refractivity contribution in [2.75, 3.05) is 6.61 Å². The van der Waals surface area contributed by atoms with E-state index in [4.69, 9.17) is 18.3 Å². The van der Waals surface area contributed by atoms with Crippen LogP contribution >= 0.6 is 0 Å². The molecule has 0 amide bonds. The molecule has 0 aliphatic carbocycles. The summed E-state index contributed by atoms with van der Waals surface area (Å²) in [5, 5.41) is 0.0537. The fraction of sp³-hybridized carbons (Fsp3) is 0.630. The van der Waals surface area contributed by atoms with E-state index in [9.17, 15) is 9.59 Å². The van der Waals surface area contributed by atoms with Crippen LogP contribution in [-0.2, 0) is 25.5 Å². The molecule has 1 aromatic carbocycles. The first-order valence-electron chi connectivity index (χ1n) is 12.3. The standard InChI is InChI=1S/C27H46O6Si2/c1-13-30-25(29)17-15-22(31-20(2)28)18-21-14-16-23(32-34(9,10)26(3,4)5)24(19-21)33-35(11,12)27(6,7)8/h14-17,19,22H,13,18H2,1-12H3/b17-15+. The van der Waals surface area contributed by atoms with E-state index in [0.717, 1.165) is 17.1 Å². The Balaban J connectivity index is 3.41. The van der Waals surface area contributed by atoms with E-state index >= 15 is 0 Å². The highest BCUT2D eigenvalue weighted by atomic mass is 28.4. The van der Waals surface area contributed by atoms with Gasteiger partial charge in [0.1, 0.15) is 17.6 Å². The first-order valence-corrected chi connectivity index (χ1v) is 18.1. The molecule has 1 unspecified atom stereocenters. The van der Waals surface area contributed by atoms with Crippen molar-refractivity contribution in [3.8, 4) is 11.5 Å². The summed E-state index contributed by atoms with van der Waals surface area (Å²) in [6, 6.07) is 5.91. The summed E-state index contributed by atoms with van der Waals surface area (Å²) >= 11 is 0. The van der Waals surface area contributed by atoms with E-state index < -0.39 is 34.7 Å². The van der Waals surface area contributed by atoms with Crippen LogP contribution in [0.5, 0.6) is 11.5 Å². The smallest absolute Gasteiger partial charge is 0.330 e. The van der Waals surface area contributed by atoms with Gasteiger partial charge in [0.25, 0.3) is 16.6 Å². The maximum atomic E-state index is 11.8. The summed E-state index contributed by atoms with van der Waals surface area (Å²) in [6.07, 6.45) is 2.65. The Bertz CT molecular complexity index is 907. The maximum absolute atomic E-state index is 11.8. The Morgan fingerprint density at radius 3 is 1.89 bits per heavy atom. The van der Waals surface area contributed by atoms with E-state index in [0.29, 0.717) is 6.42 Å². The average Bonchev–Trinajstić information content (AvgIpc) is 2.66. The molecule has 8 heteroatoms. The molecule has 0 fully saturated rings. The lowest BCUT2D eigenvalue weighted by Gasteiger charge is -2.39. The normalized spacial score (nSPS) is 13.9. The van der Waals surface area contributed by atoms with Gasteiger partial charge in [-0.25, -0.2) is 4.79 Å². The second kappa shape index (κ2) is 11.8. The van der Waals surface area contributed by atoms with Gasteiger partial charge in [0.15, 0.2) is 0 Å². The second-order valence-electron chi connectivity index (χ2n) is 12.0. The number of hydrogen-bond donors (Lipinski definition) is 0. The van der Waals surface area contributed by atoms with Crippen molar-refractivity contribution in [3.63, 3.8) is 0 Å². The summed E-state index contributed by atoms with van der Waals surface area (Å²) < 4.78 is 23.8. The minimum absolute atomic E-state index is 0.0138. The van der Waals surface area contributed by atoms with Crippen LogP contribution in [0.2, 0.25) is 36.3 Å². The molecule has 0 spiro atoms. The van der Waals surface area contributed by atoms with Crippen molar-refractivity contribution in [2.45, 2.75) is 104 Å². The van der Waals surface area contributed by atoms with Crippen molar-refractivity contribution in [2.24, 2.45) is 0 Å². The fourth-order valence-corrected chi connectivity index (χ4v) is 4.71. The molecule has 0 saturated heterocycles. The Morgan fingerprint density at radius 1 is 0.914 bits per heavy atom. The Hall–Kier alpha value is -2.07. The summed E-state index contributed by atoms with van der Waals surface area (Å²) in [5.74, 6) is 0.579. The average molecular weight is 523 g/mol. The number of ether oxygens (including phenoxy) is 2. The highest BCUT2D eigenvalue weighted by Crippen LogP contribution is 2.43. The molecule has 0 aromatic heterocycles. The van der Waals surface area contributed by atoms with Gasteiger partial charge in [0.2, 0.25) is 0 Å². The molecule has 0 radical (unpaired) electrons. The minimum Gasteiger partial charge on any atom is -0.541 e. The van der Waals surface area contributed by atoms with Crippen LogP contribution in [0.3, 0.4) is 0 Å². The maximum Gasteiger partial charge on any atom is 0.330 e. The molecule has 0 heterocycles. The lowest BCUT2D eigenvalue weighted by molar-refractivity contribution is -0.144. The van der Waals surface area contributed by atoms with Gasteiger partial charge in [-0.3, -0.25) is 4.79 Å². The van der Waals surface area contributed by atoms with Crippen LogP contribution in [0, 0.1) is 0 Å². The molecule has 35 heavy (non-hydrogen) atoms. The molecule has 1 atom stereocenters. The summed E-state index contributed by atoms with van der Waals surface area (Å²) in [7, 11) is -4.25. The molecular formula is C27H46O6Si2. The van der Waals surface area contributed by atoms with Crippen LogP contribution < -0.4 is 8.85 Å². The lowest BCUT2D eigenvalue weighted by atomic mass is 10.1. The number of carbonyl (C=O) groups excluding carboxylic acids is 2. The number of benzene rings is 1. The molecule has 6 nitrogen and oxygen atoms in total. The zero-order chi connectivity index (χ0) is 27.2. The van der Waals surface area contributed by atoms with Gasteiger partial charge in [0.05, 0.1) is 6.61 Å². The van der Waals surface area contributed by atoms with Crippen molar-refractivity contribution < 1.29 is 27.9 Å². The van der Waals surface area contributed by atoms with E-state index in [1.54, 1.807) is 13.0 Å². The molecular weight excluding hydrogens is 476 g/mol. The van der Waals surface area contributed by atoms with E-state index in [1.165, 1.54) is 13.0 Å². The highest BCUT2D eigenvalue weighted by Gasteiger charge is 2.42. The number of rotatable bonds is 10. The first-order chi connectivity index (χ1) is 15.8. The highest BCUT2D eigenvalue weighted by molar-refractivity contribution is 6.75. The molecule has 198 valence electrons. The summed E-state index contributed by atoms with van der Waals surface area (Å²) in [4.78, 5) is 23.4. The van der Waals surface area contributed by atoms with Crippen molar-refractivity contribution >= 4 is 28.6 Å². The van der Waals surface area contributed by atoms with Crippen molar-refractivity contribution in [1.29, 1.82) is 0 Å². The van der Waals surface area contributed by atoms with Gasteiger partial charge in [-0.15, -0.1) is 0 Å². The fourth-order valence-electron chi connectivity index (χ4n) is 2.67. The predicted octanol–water partition coefficient (Wildman–Crippen LogP) is 7.05. The zero-order valence-corrected chi connectivity index (χ0v) is 25.8. The van der Waals surface area contributed by atoms with Crippen LogP contribution in [0.15, 0.2) is 30.4 Å². The van der Waals surface area contributed by atoms with Crippen LogP contribution in [0.25, 0.3) is 0 Å². The summed E-state index contributed by atoms with van der Waals surface area (Å²) in [6.45, 7) is 25.5. The number of esters is 2. The minimum atomic E-state index is -2.15. The third-order valence-electron chi connectivity index (χ3n) is 6.84. The van der Waals surface area contributed by atoms with Crippen molar-refractivity contribution in [1.82, 2.24) is 0 Å². The van der Waals surface area contributed by atoms with Crippen LogP contribution in [0.1, 0.15) is 61.0 Å². The molecule has 0 aliphatic rings. The Morgan fingerprint density at radius 2 is 1.43 bits per heavy atom. The second-order valence-corrected chi connectivity index (χ2v) is 21.4. The molecule has 1 rings (SSSR count). The van der Waals surface area contributed by atoms with E-state index in [2.05, 4.69) is 67.7 Å². The van der Waals surface area contributed by atoms with E-state index in [-0.39, 0.29) is 16.7 Å². The van der Waals surface area contributed by atoms with Gasteiger partial charge < -0.3 is 18.3 Å². The number of hydrogen-bond acceptors (Lipinski definition) is 6. The Kier molecular flexibility index (Phi) is 10.4. The van der Waals surface area contributed by atoms with Crippen LogP contribution in [0.4, 0.5) is 0 Å². The van der Waals surface area contributed by atoms with Gasteiger partial charge in [-0.1, -0.05) is 47.6 Å². The summed E-state index contributed by atoms with van der Waals surface area (Å²) in [5.41, 5.74) is 0.918. The molecule has 0 N–H and O–H groups in total. The third-order valence-corrected chi connectivity index (χ3v) is 15.5. The van der Waals surface area contributed by atoms with Gasteiger partial charge >= 0.3 is 11.9 Å². The SMILES string of the molecule is CCOC(=O)/C=C/C(Cc1ccc(O[Si](C)(C)C(C)(C)C)c(O[Si](C)(C)C(C)(C)C)c1)OC(C)=O. The lowest BCUT2D eigenvalue weighted by Crippen LogP contribution is -2.45. The quantitative estimate of drug-likeness (QED) is 0.186. The Labute approximate surface area is 214 Å². The molecule has 0 saturated carbocycles. The predicted molar refractivity (Wildman–Crippen MR) is 147 cm³/mol. The monoisotopic (exact) mass is 522 g/mol.